The molecule has 2 unspecified atom stereocenters. The van der Waals surface area contributed by atoms with Crippen LogP contribution in [0.1, 0.15) is 56.9 Å². The lowest BCUT2D eigenvalue weighted by Gasteiger charge is -2.32. The van der Waals surface area contributed by atoms with Crippen molar-refractivity contribution >= 4 is 17.8 Å². The van der Waals surface area contributed by atoms with Crippen LogP contribution in [-0.2, 0) is 20.8 Å². The van der Waals surface area contributed by atoms with E-state index in [1.807, 2.05) is 30.3 Å². The Kier molecular flexibility index (Phi) is 7.29. The molecule has 6 nitrogen and oxygen atoms in total. The number of rotatable bonds is 9. The maximum absolute atomic E-state index is 12.8. The average molecular weight is 402 g/mol. The third-order valence-corrected chi connectivity index (χ3v) is 6.65. The van der Waals surface area contributed by atoms with Crippen LogP contribution in [0.5, 0.6) is 0 Å². The number of aryl methyl sites for hydroxylation is 1. The molecule has 1 amide bonds. The SMILES string of the molecule is O=C(O)C(CCCc1ccccc1)CCC(=O)N1CC(C(=O)O)[C@@H]2CCCC[C@@H]21. The lowest BCUT2D eigenvalue weighted by atomic mass is 9.80. The summed E-state index contributed by atoms with van der Waals surface area (Å²) in [4.78, 5) is 37.8. The van der Waals surface area contributed by atoms with Gasteiger partial charge in [0, 0.05) is 19.0 Å². The van der Waals surface area contributed by atoms with Crippen molar-refractivity contribution in [2.45, 2.75) is 63.8 Å². The third kappa shape index (κ3) is 5.37. The number of hydrogen-bond acceptors (Lipinski definition) is 3. The highest BCUT2D eigenvalue weighted by atomic mass is 16.4. The summed E-state index contributed by atoms with van der Waals surface area (Å²) in [6.07, 6.45) is 6.40. The van der Waals surface area contributed by atoms with Crippen molar-refractivity contribution in [1.82, 2.24) is 4.90 Å². The Labute approximate surface area is 171 Å². The molecule has 1 aliphatic carbocycles. The number of fused-ring (bicyclic) bond motifs is 1. The summed E-state index contributed by atoms with van der Waals surface area (Å²) in [5, 5.41) is 19.1. The van der Waals surface area contributed by atoms with Crippen molar-refractivity contribution in [2.75, 3.05) is 6.54 Å². The summed E-state index contributed by atoms with van der Waals surface area (Å²) in [5.74, 6) is -2.73. The molecule has 1 heterocycles. The number of hydrogen-bond donors (Lipinski definition) is 2. The van der Waals surface area contributed by atoms with E-state index in [0.29, 0.717) is 12.8 Å². The van der Waals surface area contributed by atoms with Gasteiger partial charge in [-0.2, -0.15) is 0 Å². The van der Waals surface area contributed by atoms with Crippen molar-refractivity contribution in [1.29, 1.82) is 0 Å². The molecule has 0 bridgehead atoms. The first-order valence-corrected chi connectivity index (χ1v) is 10.8. The molecule has 6 heteroatoms. The number of carbonyl (C=O) groups is 3. The Bertz CT molecular complexity index is 719. The van der Waals surface area contributed by atoms with Gasteiger partial charge in [0.15, 0.2) is 0 Å². The van der Waals surface area contributed by atoms with Gasteiger partial charge in [-0.15, -0.1) is 0 Å². The summed E-state index contributed by atoms with van der Waals surface area (Å²) in [6, 6.07) is 9.99. The third-order valence-electron chi connectivity index (χ3n) is 6.65. The molecule has 1 saturated heterocycles. The standard InChI is InChI=1S/C23H31NO5/c25-21(24-15-19(23(28)29)18-11-4-5-12-20(18)24)14-13-17(22(26)27)10-6-9-16-7-2-1-3-8-16/h1-3,7-8,17-20H,4-6,9-15H2,(H,26,27)(H,28,29)/t17?,18-,19?,20-/m0/s1. The molecule has 0 spiro atoms. The fourth-order valence-corrected chi connectivity index (χ4v) is 5.06. The van der Waals surface area contributed by atoms with E-state index >= 15 is 0 Å². The summed E-state index contributed by atoms with van der Waals surface area (Å²) < 4.78 is 0. The van der Waals surface area contributed by atoms with Gasteiger partial charge in [0.05, 0.1) is 11.8 Å². The van der Waals surface area contributed by atoms with Gasteiger partial charge in [-0.25, -0.2) is 0 Å². The number of aliphatic carboxylic acids is 2. The molecule has 2 fully saturated rings. The molecule has 4 atom stereocenters. The highest BCUT2D eigenvalue weighted by Crippen LogP contribution is 2.40. The van der Waals surface area contributed by atoms with Gasteiger partial charge in [-0.1, -0.05) is 43.2 Å². The van der Waals surface area contributed by atoms with Crippen LogP contribution in [0.25, 0.3) is 0 Å². The number of carbonyl (C=O) groups excluding carboxylic acids is 1. The predicted octanol–water partition coefficient (Wildman–Crippen LogP) is 3.59. The molecule has 1 aliphatic heterocycles. The minimum absolute atomic E-state index is 0.0127. The van der Waals surface area contributed by atoms with Crippen LogP contribution in [0.4, 0.5) is 0 Å². The van der Waals surface area contributed by atoms with Gasteiger partial charge in [0.25, 0.3) is 0 Å². The quantitative estimate of drug-likeness (QED) is 0.659. The van der Waals surface area contributed by atoms with Gasteiger partial charge in [-0.3, -0.25) is 14.4 Å². The molecule has 0 radical (unpaired) electrons. The van der Waals surface area contributed by atoms with E-state index in [1.54, 1.807) is 4.90 Å². The Morgan fingerprint density at radius 1 is 1.03 bits per heavy atom. The summed E-state index contributed by atoms with van der Waals surface area (Å²) >= 11 is 0. The fourth-order valence-electron chi connectivity index (χ4n) is 5.06. The van der Waals surface area contributed by atoms with Crippen LogP contribution in [-0.4, -0.2) is 45.5 Å². The van der Waals surface area contributed by atoms with Gasteiger partial charge < -0.3 is 15.1 Å². The number of likely N-dealkylation sites (tertiary alicyclic amines) is 1. The molecule has 2 N–H and O–H groups in total. The van der Waals surface area contributed by atoms with E-state index in [1.165, 1.54) is 5.56 Å². The smallest absolute Gasteiger partial charge is 0.308 e. The van der Waals surface area contributed by atoms with Gasteiger partial charge >= 0.3 is 11.9 Å². The average Bonchev–Trinajstić information content (AvgIpc) is 3.11. The zero-order valence-electron chi connectivity index (χ0n) is 16.8. The monoisotopic (exact) mass is 401 g/mol. The van der Waals surface area contributed by atoms with Gasteiger partial charge in [-0.05, 0) is 50.0 Å². The molecule has 29 heavy (non-hydrogen) atoms. The normalized spacial score (nSPS) is 24.7. The molecular weight excluding hydrogens is 370 g/mol. The Morgan fingerprint density at radius 3 is 2.45 bits per heavy atom. The van der Waals surface area contributed by atoms with E-state index in [4.69, 9.17) is 0 Å². The van der Waals surface area contributed by atoms with E-state index in [0.717, 1.165) is 38.5 Å². The van der Waals surface area contributed by atoms with Crippen LogP contribution in [0.2, 0.25) is 0 Å². The van der Waals surface area contributed by atoms with Crippen molar-refractivity contribution in [2.24, 2.45) is 17.8 Å². The zero-order valence-corrected chi connectivity index (χ0v) is 16.8. The number of amides is 1. The minimum Gasteiger partial charge on any atom is -0.481 e. The Balaban J connectivity index is 1.51. The molecule has 158 valence electrons. The van der Waals surface area contributed by atoms with Gasteiger partial charge in [0.2, 0.25) is 5.91 Å². The molecule has 1 saturated carbocycles. The number of nitrogens with zero attached hydrogens (tertiary/aromatic N) is 1. The largest absolute Gasteiger partial charge is 0.481 e. The molecule has 3 rings (SSSR count). The zero-order chi connectivity index (χ0) is 20.8. The number of benzene rings is 1. The van der Waals surface area contributed by atoms with Crippen LogP contribution < -0.4 is 0 Å². The highest BCUT2D eigenvalue weighted by Gasteiger charge is 2.47. The highest BCUT2D eigenvalue weighted by molar-refractivity contribution is 5.80. The van der Waals surface area contributed by atoms with E-state index in [9.17, 15) is 24.6 Å². The maximum Gasteiger partial charge on any atom is 0.308 e. The minimum atomic E-state index is -0.855. The van der Waals surface area contributed by atoms with Crippen molar-refractivity contribution in [3.05, 3.63) is 35.9 Å². The Hall–Kier alpha value is -2.37. The predicted molar refractivity (Wildman–Crippen MR) is 108 cm³/mol. The first-order chi connectivity index (χ1) is 14.0. The van der Waals surface area contributed by atoms with Crippen LogP contribution >= 0.6 is 0 Å². The second kappa shape index (κ2) is 9.90. The lowest BCUT2D eigenvalue weighted by molar-refractivity contribution is -0.143. The van der Waals surface area contributed by atoms with Crippen molar-refractivity contribution in [3.8, 4) is 0 Å². The van der Waals surface area contributed by atoms with Crippen molar-refractivity contribution < 1.29 is 24.6 Å². The summed E-state index contributed by atoms with van der Waals surface area (Å²) in [5.41, 5.74) is 1.19. The van der Waals surface area contributed by atoms with E-state index < -0.39 is 23.8 Å². The molecule has 2 aliphatic rings. The first kappa shape index (κ1) is 21.3. The topological polar surface area (TPSA) is 94.9 Å². The number of carboxylic acids is 2. The molecule has 1 aromatic rings. The number of carboxylic acid groups (broad SMARTS) is 2. The first-order valence-electron chi connectivity index (χ1n) is 10.8. The van der Waals surface area contributed by atoms with Gasteiger partial charge in [0.1, 0.15) is 0 Å². The van der Waals surface area contributed by atoms with Crippen LogP contribution in [0.15, 0.2) is 30.3 Å². The van der Waals surface area contributed by atoms with Crippen LogP contribution in [0.3, 0.4) is 0 Å². The summed E-state index contributed by atoms with van der Waals surface area (Å²) in [6.45, 7) is 0.273. The fraction of sp³-hybridized carbons (Fsp3) is 0.609. The lowest BCUT2D eigenvalue weighted by Crippen LogP contribution is -2.39. The summed E-state index contributed by atoms with van der Waals surface area (Å²) in [7, 11) is 0. The second-order valence-corrected chi connectivity index (χ2v) is 8.46. The molecular formula is C23H31NO5. The molecule has 0 aromatic heterocycles. The molecule has 1 aromatic carbocycles. The Morgan fingerprint density at radius 2 is 1.76 bits per heavy atom. The maximum atomic E-state index is 12.8. The van der Waals surface area contributed by atoms with E-state index in [-0.39, 0.29) is 30.8 Å². The van der Waals surface area contributed by atoms with Crippen molar-refractivity contribution in [3.63, 3.8) is 0 Å². The van der Waals surface area contributed by atoms with Crippen LogP contribution in [0, 0.1) is 17.8 Å². The second-order valence-electron chi connectivity index (χ2n) is 8.46. The van der Waals surface area contributed by atoms with E-state index in [2.05, 4.69) is 0 Å².